The van der Waals surface area contributed by atoms with Gasteiger partial charge in [0.25, 0.3) is 5.91 Å². The zero-order valence-corrected chi connectivity index (χ0v) is 11.4. The Morgan fingerprint density at radius 3 is 2.05 bits per heavy atom. The molecule has 0 bridgehead atoms. The van der Waals surface area contributed by atoms with Gasteiger partial charge in [-0.2, -0.15) is 0 Å². The van der Waals surface area contributed by atoms with Crippen LogP contribution in [-0.4, -0.2) is 23.4 Å². The summed E-state index contributed by atoms with van der Waals surface area (Å²) in [7, 11) is 0. The molecule has 1 aromatic carbocycles. The summed E-state index contributed by atoms with van der Waals surface area (Å²) in [5, 5.41) is 2.36. The van der Waals surface area contributed by atoms with E-state index in [1.807, 2.05) is 0 Å². The molecule has 8 heteroatoms. The second-order valence-corrected chi connectivity index (χ2v) is 5.28. The van der Waals surface area contributed by atoms with Crippen molar-refractivity contribution in [3.05, 3.63) is 29.3 Å². The predicted octanol–water partition coefficient (Wildman–Crippen LogP) is 1.87. The van der Waals surface area contributed by atoms with E-state index in [0.717, 1.165) is 0 Å². The van der Waals surface area contributed by atoms with E-state index in [0.29, 0.717) is 4.90 Å². The first-order valence-corrected chi connectivity index (χ1v) is 6.06. The highest BCUT2D eigenvalue weighted by Gasteiger charge is 2.46. The van der Waals surface area contributed by atoms with Gasteiger partial charge in [0, 0.05) is 6.07 Å². The number of carbonyl (C=O) groups excluding carboxylic acids is 2. The van der Waals surface area contributed by atoms with Crippen molar-refractivity contribution in [2.24, 2.45) is 0 Å². The highest BCUT2D eigenvalue weighted by molar-refractivity contribution is 6.10. The second kappa shape index (κ2) is 4.71. The molecule has 4 nitrogen and oxygen atoms in total. The molecule has 1 fully saturated rings. The minimum absolute atomic E-state index is 0.0401. The Morgan fingerprint density at radius 1 is 1.10 bits per heavy atom. The molecule has 1 saturated heterocycles. The van der Waals surface area contributed by atoms with Crippen LogP contribution in [0.5, 0.6) is 0 Å². The van der Waals surface area contributed by atoms with E-state index in [9.17, 15) is 27.2 Å². The van der Waals surface area contributed by atoms with Crippen molar-refractivity contribution >= 4 is 17.5 Å². The molecule has 0 radical (unpaired) electrons. The molecule has 1 unspecified atom stereocenters. The topological polar surface area (TPSA) is 49.4 Å². The highest BCUT2D eigenvalue weighted by atomic mass is 19.2. The van der Waals surface area contributed by atoms with Gasteiger partial charge in [-0.3, -0.25) is 14.5 Å². The lowest BCUT2D eigenvalue weighted by atomic mass is 9.96. The number of halogens is 4. The standard InChI is InChI=1S/C13H12F4N2O2/c1-5-11(20)18-13(2,3)12(21)19(5)10-8(16)6(14)4-7(15)9(10)17/h4-5H,1-3H3,(H,18,20). The van der Waals surface area contributed by atoms with Crippen molar-refractivity contribution in [3.63, 3.8) is 0 Å². The molecule has 114 valence electrons. The molecule has 0 aromatic heterocycles. The van der Waals surface area contributed by atoms with Crippen molar-refractivity contribution in [2.45, 2.75) is 32.4 Å². The van der Waals surface area contributed by atoms with Crippen LogP contribution in [-0.2, 0) is 9.59 Å². The fraction of sp³-hybridized carbons (Fsp3) is 0.385. The third-order valence-corrected chi connectivity index (χ3v) is 3.29. The fourth-order valence-corrected chi connectivity index (χ4v) is 2.13. The van der Waals surface area contributed by atoms with E-state index in [1.165, 1.54) is 20.8 Å². The number of nitrogens with one attached hydrogen (secondary N) is 1. The maximum atomic E-state index is 13.8. The molecule has 1 N–H and O–H groups in total. The second-order valence-electron chi connectivity index (χ2n) is 5.28. The average Bonchev–Trinajstić information content (AvgIpc) is 2.38. The van der Waals surface area contributed by atoms with E-state index >= 15 is 0 Å². The van der Waals surface area contributed by atoms with E-state index in [-0.39, 0.29) is 6.07 Å². The lowest BCUT2D eigenvalue weighted by Gasteiger charge is -2.41. The van der Waals surface area contributed by atoms with Gasteiger partial charge in [-0.25, -0.2) is 17.6 Å². The third-order valence-electron chi connectivity index (χ3n) is 3.29. The van der Waals surface area contributed by atoms with Crippen molar-refractivity contribution in [3.8, 4) is 0 Å². The number of hydrogen-bond donors (Lipinski definition) is 1. The van der Waals surface area contributed by atoms with Crippen LogP contribution in [0.25, 0.3) is 0 Å². The van der Waals surface area contributed by atoms with Gasteiger partial charge in [0.05, 0.1) is 0 Å². The van der Waals surface area contributed by atoms with Crippen LogP contribution in [0.3, 0.4) is 0 Å². The number of amides is 2. The van der Waals surface area contributed by atoms with Crippen molar-refractivity contribution in [2.75, 3.05) is 4.90 Å². The molecule has 1 aliphatic rings. The average molecular weight is 304 g/mol. The zero-order valence-electron chi connectivity index (χ0n) is 11.4. The molecule has 2 amide bonds. The minimum Gasteiger partial charge on any atom is -0.340 e. The van der Waals surface area contributed by atoms with Crippen LogP contribution in [0.1, 0.15) is 20.8 Å². The lowest BCUT2D eigenvalue weighted by molar-refractivity contribution is -0.136. The number of hydrogen-bond acceptors (Lipinski definition) is 2. The number of carbonyl (C=O) groups is 2. The summed E-state index contributed by atoms with van der Waals surface area (Å²) < 4.78 is 54.3. The summed E-state index contributed by atoms with van der Waals surface area (Å²) in [6, 6.07) is -1.27. The first-order valence-electron chi connectivity index (χ1n) is 6.06. The number of rotatable bonds is 1. The van der Waals surface area contributed by atoms with Crippen LogP contribution in [0.2, 0.25) is 0 Å². The predicted molar refractivity (Wildman–Crippen MR) is 65.4 cm³/mol. The molecular formula is C13H12F4N2O2. The minimum atomic E-state index is -1.72. The molecule has 21 heavy (non-hydrogen) atoms. The number of anilines is 1. The lowest BCUT2D eigenvalue weighted by Crippen LogP contribution is -2.68. The van der Waals surface area contributed by atoms with E-state index in [1.54, 1.807) is 0 Å². The smallest absolute Gasteiger partial charge is 0.253 e. The normalized spacial score (nSPS) is 21.5. The van der Waals surface area contributed by atoms with Crippen LogP contribution in [0.4, 0.5) is 23.2 Å². The van der Waals surface area contributed by atoms with E-state index in [4.69, 9.17) is 0 Å². The van der Waals surface area contributed by atoms with Gasteiger partial charge < -0.3 is 5.32 Å². The van der Waals surface area contributed by atoms with Gasteiger partial charge >= 0.3 is 0 Å². The third kappa shape index (κ3) is 2.24. The first kappa shape index (κ1) is 15.3. The highest BCUT2D eigenvalue weighted by Crippen LogP contribution is 2.32. The van der Waals surface area contributed by atoms with Gasteiger partial charge in [-0.1, -0.05) is 0 Å². The zero-order chi connectivity index (χ0) is 16.1. The summed E-state index contributed by atoms with van der Waals surface area (Å²) in [4.78, 5) is 24.5. The largest absolute Gasteiger partial charge is 0.340 e. The molecular weight excluding hydrogens is 292 g/mol. The number of benzene rings is 1. The van der Waals surface area contributed by atoms with Crippen LogP contribution < -0.4 is 10.2 Å². The first-order chi connectivity index (χ1) is 9.58. The monoisotopic (exact) mass is 304 g/mol. The molecule has 0 spiro atoms. The van der Waals surface area contributed by atoms with Crippen LogP contribution in [0, 0.1) is 23.3 Å². The molecule has 0 aliphatic carbocycles. The molecule has 0 saturated carbocycles. The number of nitrogens with zero attached hydrogens (tertiary/aromatic N) is 1. The summed E-state index contributed by atoms with van der Waals surface area (Å²) in [5.41, 5.74) is -2.65. The van der Waals surface area contributed by atoms with Crippen molar-refractivity contribution < 1.29 is 27.2 Å². The molecule has 2 rings (SSSR count). The van der Waals surface area contributed by atoms with Gasteiger partial charge in [0.2, 0.25) is 5.91 Å². The Balaban J connectivity index is 2.69. The Kier molecular flexibility index (Phi) is 3.43. The van der Waals surface area contributed by atoms with Crippen LogP contribution >= 0.6 is 0 Å². The Labute approximate surface area is 117 Å². The van der Waals surface area contributed by atoms with E-state index < -0.39 is 52.4 Å². The van der Waals surface area contributed by atoms with Gasteiger partial charge in [0.1, 0.15) is 17.3 Å². The van der Waals surface area contributed by atoms with E-state index in [2.05, 4.69) is 5.32 Å². The molecule has 1 atom stereocenters. The van der Waals surface area contributed by atoms with Gasteiger partial charge in [-0.15, -0.1) is 0 Å². The Morgan fingerprint density at radius 2 is 1.57 bits per heavy atom. The SMILES string of the molecule is CC1C(=O)NC(C)(C)C(=O)N1c1c(F)c(F)cc(F)c1F. The quantitative estimate of drug-likeness (QED) is 0.636. The summed E-state index contributed by atoms with van der Waals surface area (Å²) >= 11 is 0. The van der Waals surface area contributed by atoms with Crippen LogP contribution in [0.15, 0.2) is 6.07 Å². The van der Waals surface area contributed by atoms with Crippen molar-refractivity contribution in [1.82, 2.24) is 5.32 Å². The van der Waals surface area contributed by atoms with Gasteiger partial charge in [0.15, 0.2) is 23.3 Å². The Bertz CT molecular complexity index is 619. The van der Waals surface area contributed by atoms with Gasteiger partial charge in [-0.05, 0) is 20.8 Å². The molecule has 1 aromatic rings. The summed E-state index contributed by atoms with van der Waals surface area (Å²) in [6.07, 6.45) is 0. The maximum Gasteiger partial charge on any atom is 0.253 e. The fourth-order valence-electron chi connectivity index (χ4n) is 2.13. The number of piperazine rings is 1. The summed E-state index contributed by atoms with van der Waals surface area (Å²) in [6.45, 7) is 3.83. The van der Waals surface area contributed by atoms with Crippen molar-refractivity contribution in [1.29, 1.82) is 0 Å². The molecule has 1 heterocycles. The molecule has 1 aliphatic heterocycles. The Hall–Kier alpha value is -2.12. The summed E-state index contributed by atoms with van der Waals surface area (Å²) in [5.74, 6) is -8.31. The maximum absolute atomic E-state index is 13.8.